The zero-order chi connectivity index (χ0) is 13.8. The summed E-state index contributed by atoms with van der Waals surface area (Å²) in [5, 5.41) is 15.6. The van der Waals surface area contributed by atoms with Crippen LogP contribution in [0.25, 0.3) is 0 Å². The second-order valence-electron chi connectivity index (χ2n) is 3.25. The molecule has 0 aromatic carbocycles. The summed E-state index contributed by atoms with van der Waals surface area (Å²) in [4.78, 5) is 10.8. The zero-order valence-electron chi connectivity index (χ0n) is 9.15. The van der Waals surface area contributed by atoms with E-state index in [1.807, 2.05) is 0 Å². The molecule has 0 aliphatic carbocycles. The van der Waals surface area contributed by atoms with Crippen molar-refractivity contribution in [1.82, 2.24) is 15.0 Å². The second kappa shape index (κ2) is 5.78. The first-order valence-corrected chi connectivity index (χ1v) is 4.91. The summed E-state index contributed by atoms with van der Waals surface area (Å²) in [6, 6.07) is 0. The molecule has 10 heteroatoms. The molecule has 0 amide bonds. The number of hydrogen-bond acceptors (Lipinski definition) is 5. The lowest BCUT2D eigenvalue weighted by Gasteiger charge is -2.08. The van der Waals surface area contributed by atoms with Crippen LogP contribution in [-0.4, -0.2) is 45.6 Å². The summed E-state index contributed by atoms with van der Waals surface area (Å²) in [5.41, 5.74) is 5.15. The normalized spacial score (nSPS) is 11.8. The number of carboxylic acids is 1. The molecule has 0 aliphatic heterocycles. The number of aromatic carboxylic acids is 1. The number of nitrogens with two attached hydrogens (primary N) is 1. The van der Waals surface area contributed by atoms with Gasteiger partial charge in [-0.15, -0.1) is 18.3 Å². The first-order chi connectivity index (χ1) is 8.35. The van der Waals surface area contributed by atoms with Crippen LogP contribution < -0.4 is 5.73 Å². The van der Waals surface area contributed by atoms with Crippen molar-refractivity contribution in [3.05, 3.63) is 11.4 Å². The predicted octanol–water partition coefficient (Wildman–Crippen LogP) is 0.0139. The zero-order valence-corrected chi connectivity index (χ0v) is 9.15. The van der Waals surface area contributed by atoms with Gasteiger partial charge in [0.15, 0.2) is 5.69 Å². The van der Waals surface area contributed by atoms with Crippen LogP contribution in [0.5, 0.6) is 0 Å². The molecule has 0 unspecified atom stereocenters. The van der Waals surface area contributed by atoms with E-state index in [0.717, 1.165) is 4.68 Å². The highest BCUT2D eigenvalue weighted by atomic mass is 19.4. The van der Waals surface area contributed by atoms with Crippen LogP contribution in [0.4, 0.5) is 13.2 Å². The van der Waals surface area contributed by atoms with Crippen molar-refractivity contribution in [2.45, 2.75) is 19.3 Å². The summed E-state index contributed by atoms with van der Waals surface area (Å²) in [7, 11) is 0. The Balaban J connectivity index is 2.73. The largest absolute Gasteiger partial charge is 0.522 e. The van der Waals surface area contributed by atoms with E-state index in [1.54, 1.807) is 0 Å². The van der Waals surface area contributed by atoms with Gasteiger partial charge in [-0.25, -0.2) is 9.48 Å². The minimum Gasteiger partial charge on any atom is -0.476 e. The van der Waals surface area contributed by atoms with Crippen molar-refractivity contribution < 1.29 is 27.8 Å². The van der Waals surface area contributed by atoms with E-state index in [4.69, 9.17) is 10.8 Å². The maximum Gasteiger partial charge on any atom is 0.522 e. The van der Waals surface area contributed by atoms with Gasteiger partial charge in [0, 0.05) is 6.42 Å². The Hall–Kier alpha value is -1.68. The average molecular weight is 268 g/mol. The van der Waals surface area contributed by atoms with Crippen molar-refractivity contribution in [2.75, 3.05) is 13.2 Å². The molecule has 1 aromatic rings. The Morgan fingerprint density at radius 2 is 2.17 bits per heavy atom. The number of ether oxygens (including phenoxy) is 1. The van der Waals surface area contributed by atoms with Gasteiger partial charge in [0.05, 0.1) is 18.8 Å². The highest BCUT2D eigenvalue weighted by molar-refractivity contribution is 5.86. The minimum atomic E-state index is -4.73. The fraction of sp³-hybridized carbons (Fsp3) is 0.625. The van der Waals surface area contributed by atoms with E-state index in [-0.39, 0.29) is 30.9 Å². The van der Waals surface area contributed by atoms with Crippen molar-refractivity contribution >= 4 is 5.97 Å². The summed E-state index contributed by atoms with van der Waals surface area (Å²) in [5.74, 6) is -1.30. The van der Waals surface area contributed by atoms with Crippen LogP contribution in [0.1, 0.15) is 16.2 Å². The second-order valence-corrected chi connectivity index (χ2v) is 3.25. The molecule has 0 saturated heterocycles. The molecule has 102 valence electrons. The number of aromatic nitrogens is 3. The maximum absolute atomic E-state index is 11.8. The van der Waals surface area contributed by atoms with Gasteiger partial charge in [-0.3, -0.25) is 4.74 Å². The van der Waals surface area contributed by atoms with Gasteiger partial charge in [0.2, 0.25) is 0 Å². The molecular weight excluding hydrogens is 257 g/mol. The van der Waals surface area contributed by atoms with Crippen LogP contribution in [0.2, 0.25) is 0 Å². The molecular formula is C8H11F3N4O3. The fourth-order valence-corrected chi connectivity index (χ4v) is 1.31. The van der Waals surface area contributed by atoms with Crippen molar-refractivity contribution in [2.24, 2.45) is 5.73 Å². The lowest BCUT2D eigenvalue weighted by atomic mass is 10.2. The highest BCUT2D eigenvalue weighted by Gasteiger charge is 2.29. The van der Waals surface area contributed by atoms with E-state index in [9.17, 15) is 18.0 Å². The van der Waals surface area contributed by atoms with Gasteiger partial charge in [0.25, 0.3) is 0 Å². The van der Waals surface area contributed by atoms with Gasteiger partial charge >= 0.3 is 12.3 Å². The molecule has 0 aliphatic rings. The summed E-state index contributed by atoms with van der Waals surface area (Å²) < 4.78 is 39.9. The first kappa shape index (κ1) is 14.4. The number of carbonyl (C=O) groups is 1. The standard InChI is InChI=1S/C8H11F3N4O3/c9-8(10,11)18-4-3-15-5(1-2-12)6(7(16)17)13-14-15/h1-4,12H2,(H,16,17). The van der Waals surface area contributed by atoms with Gasteiger partial charge < -0.3 is 10.8 Å². The monoisotopic (exact) mass is 268 g/mol. The fourth-order valence-electron chi connectivity index (χ4n) is 1.31. The number of carboxylic acid groups (broad SMARTS) is 1. The van der Waals surface area contributed by atoms with Gasteiger partial charge in [-0.2, -0.15) is 0 Å². The first-order valence-electron chi connectivity index (χ1n) is 4.91. The molecule has 1 rings (SSSR count). The third-order valence-corrected chi connectivity index (χ3v) is 1.99. The maximum atomic E-state index is 11.8. The van der Waals surface area contributed by atoms with E-state index in [0.29, 0.717) is 0 Å². The molecule has 1 heterocycles. The summed E-state index contributed by atoms with van der Waals surface area (Å²) in [6.07, 6.45) is -4.58. The number of halogens is 3. The Morgan fingerprint density at radius 1 is 1.50 bits per heavy atom. The third kappa shape index (κ3) is 3.96. The highest BCUT2D eigenvalue weighted by Crippen LogP contribution is 2.16. The number of hydrogen-bond donors (Lipinski definition) is 2. The summed E-state index contributed by atoms with van der Waals surface area (Å²) >= 11 is 0. The third-order valence-electron chi connectivity index (χ3n) is 1.99. The molecule has 0 fully saturated rings. The molecule has 7 nitrogen and oxygen atoms in total. The van der Waals surface area contributed by atoms with Crippen LogP contribution in [-0.2, 0) is 17.7 Å². The lowest BCUT2D eigenvalue weighted by Crippen LogP contribution is -2.20. The Morgan fingerprint density at radius 3 is 2.67 bits per heavy atom. The van der Waals surface area contributed by atoms with E-state index in [2.05, 4.69) is 15.0 Å². The Labute approximate surface area is 99.3 Å². The van der Waals surface area contributed by atoms with E-state index < -0.39 is 18.9 Å². The smallest absolute Gasteiger partial charge is 0.476 e. The van der Waals surface area contributed by atoms with Crippen LogP contribution in [0.3, 0.4) is 0 Å². The number of nitrogens with zero attached hydrogens (tertiary/aromatic N) is 3. The van der Waals surface area contributed by atoms with Gasteiger partial charge in [-0.1, -0.05) is 5.21 Å². The molecule has 18 heavy (non-hydrogen) atoms. The molecule has 0 atom stereocenters. The van der Waals surface area contributed by atoms with Crippen molar-refractivity contribution in [3.63, 3.8) is 0 Å². The van der Waals surface area contributed by atoms with Crippen LogP contribution >= 0.6 is 0 Å². The average Bonchev–Trinajstić information content (AvgIpc) is 2.60. The molecule has 0 bridgehead atoms. The van der Waals surface area contributed by atoms with Crippen molar-refractivity contribution in [1.29, 1.82) is 0 Å². The Kier molecular flexibility index (Phi) is 4.62. The van der Waals surface area contributed by atoms with Gasteiger partial charge in [-0.05, 0) is 6.54 Å². The Bertz CT molecular complexity index is 418. The molecule has 0 saturated carbocycles. The topological polar surface area (TPSA) is 103 Å². The van der Waals surface area contributed by atoms with E-state index >= 15 is 0 Å². The number of rotatable bonds is 6. The molecule has 0 radical (unpaired) electrons. The lowest BCUT2D eigenvalue weighted by molar-refractivity contribution is -0.325. The van der Waals surface area contributed by atoms with Crippen molar-refractivity contribution in [3.8, 4) is 0 Å². The quantitative estimate of drug-likeness (QED) is 0.753. The molecule has 0 spiro atoms. The molecule has 1 aromatic heterocycles. The van der Waals surface area contributed by atoms with E-state index in [1.165, 1.54) is 0 Å². The van der Waals surface area contributed by atoms with Crippen LogP contribution in [0.15, 0.2) is 0 Å². The van der Waals surface area contributed by atoms with Gasteiger partial charge in [0.1, 0.15) is 0 Å². The molecule has 3 N–H and O–H groups in total. The minimum absolute atomic E-state index is 0.133. The SMILES string of the molecule is NCCc1c(C(=O)O)nnn1CCOC(F)(F)F. The predicted molar refractivity (Wildman–Crippen MR) is 51.7 cm³/mol. The van der Waals surface area contributed by atoms with Crippen LogP contribution in [0, 0.1) is 0 Å². The summed E-state index contributed by atoms with van der Waals surface area (Å²) in [6.45, 7) is -0.799. The number of alkyl halides is 3.